The van der Waals surface area contributed by atoms with E-state index in [1.165, 1.54) is 38.5 Å². The van der Waals surface area contributed by atoms with Gasteiger partial charge in [-0.15, -0.1) is 0 Å². The molecule has 32 heavy (non-hydrogen) atoms. The zero-order valence-corrected chi connectivity index (χ0v) is 22.4. The summed E-state index contributed by atoms with van der Waals surface area (Å²) in [7, 11) is 0. The number of rotatable bonds is 0. The Morgan fingerprint density at radius 3 is 1.47 bits per heavy atom. The third-order valence-electron chi connectivity index (χ3n) is 13.9. The van der Waals surface area contributed by atoms with Gasteiger partial charge in [0.2, 0.25) is 0 Å². The molecule has 5 rings (SSSR count). The molecule has 0 radical (unpaired) electrons. The molecule has 0 amide bonds. The molecule has 0 aromatic heterocycles. The van der Waals surface area contributed by atoms with Gasteiger partial charge >= 0.3 is 0 Å². The number of hydrogen-bond acceptors (Lipinski definition) is 2. The zero-order valence-electron chi connectivity index (χ0n) is 23.4. The minimum atomic E-state index is -1.30. The summed E-state index contributed by atoms with van der Waals surface area (Å²) in [5.74, 6) is 2.46. The van der Waals surface area contributed by atoms with Crippen LogP contribution < -0.4 is 0 Å². The van der Waals surface area contributed by atoms with Gasteiger partial charge in [-0.2, -0.15) is 0 Å². The maximum atomic E-state index is 11.0. The highest BCUT2D eigenvalue weighted by Crippen LogP contribution is 2.78. The fourth-order valence-electron chi connectivity index (χ4n) is 11.9. The first-order valence-corrected chi connectivity index (χ1v) is 13.9. The van der Waals surface area contributed by atoms with Gasteiger partial charge in [-0.25, -0.2) is 0 Å². The van der Waals surface area contributed by atoms with Crippen molar-refractivity contribution < 1.29 is 11.6 Å². The van der Waals surface area contributed by atoms with Crippen LogP contribution in [0.5, 0.6) is 0 Å². The highest BCUT2D eigenvalue weighted by molar-refractivity contribution is 5.20. The Labute approximate surface area is 199 Å². The average molecular weight is 447 g/mol. The highest BCUT2D eigenvalue weighted by atomic mass is 16.3. The van der Waals surface area contributed by atoms with E-state index in [4.69, 9.17) is 1.37 Å². The Morgan fingerprint density at radius 2 is 0.969 bits per heavy atom. The molecule has 0 heterocycles. The lowest BCUT2D eigenvalue weighted by Crippen LogP contribution is -2.68. The van der Waals surface area contributed by atoms with Crippen LogP contribution in [0.25, 0.3) is 0 Å². The largest absolute Gasteiger partial charge is 0.393 e. The van der Waals surface area contributed by atoms with Crippen molar-refractivity contribution in [3.05, 3.63) is 0 Å². The summed E-state index contributed by atoms with van der Waals surface area (Å²) < 4.78 is 8.72. The van der Waals surface area contributed by atoms with Crippen LogP contribution >= 0.6 is 0 Å². The Kier molecular flexibility index (Phi) is 4.74. The monoisotopic (exact) mass is 446 g/mol. The Bertz CT molecular complexity index is 818. The van der Waals surface area contributed by atoms with Crippen LogP contribution in [0.4, 0.5) is 0 Å². The fraction of sp³-hybridized carbons (Fsp3) is 1.00. The minimum Gasteiger partial charge on any atom is -0.393 e. The molecule has 2 heteroatoms. The van der Waals surface area contributed by atoms with Crippen molar-refractivity contribution in [3.8, 4) is 0 Å². The summed E-state index contributed by atoms with van der Waals surface area (Å²) in [6.45, 7) is 19.5. The number of fused-ring (bicyclic) bond motifs is 7. The van der Waals surface area contributed by atoms with Gasteiger partial charge in [0.05, 0.1) is 13.6 Å². The summed E-state index contributed by atoms with van der Waals surface area (Å²) in [5, 5.41) is 21.9. The van der Waals surface area contributed by atoms with E-state index >= 15 is 0 Å². The molecule has 0 aromatic rings. The van der Waals surface area contributed by atoms with Crippen LogP contribution in [0.3, 0.4) is 0 Å². The Balaban J connectivity index is 1.54. The second-order valence-electron chi connectivity index (χ2n) is 15.3. The maximum Gasteiger partial charge on any atom is 0.0606 e. The van der Waals surface area contributed by atoms with Crippen molar-refractivity contribution in [3.63, 3.8) is 0 Å². The molecule has 2 nitrogen and oxygen atoms in total. The Morgan fingerprint density at radius 1 is 0.531 bits per heavy atom. The Hall–Kier alpha value is -0.0800. The molecule has 5 saturated carbocycles. The van der Waals surface area contributed by atoms with Crippen LogP contribution in [-0.2, 0) is 0 Å². The van der Waals surface area contributed by atoms with E-state index < -0.39 is 6.08 Å². The zero-order chi connectivity index (χ0) is 24.5. The third-order valence-corrected chi connectivity index (χ3v) is 13.9. The van der Waals surface area contributed by atoms with Crippen LogP contribution in [0.15, 0.2) is 0 Å². The van der Waals surface area contributed by atoms with Crippen molar-refractivity contribution in [2.75, 3.05) is 0 Å². The van der Waals surface area contributed by atoms with Crippen LogP contribution in [0.1, 0.15) is 121 Å². The smallest absolute Gasteiger partial charge is 0.0606 e. The van der Waals surface area contributed by atoms with Gasteiger partial charge < -0.3 is 10.2 Å². The first-order chi connectivity index (χ1) is 15.0. The predicted molar refractivity (Wildman–Crippen MR) is 132 cm³/mol. The summed E-state index contributed by atoms with van der Waals surface area (Å²) in [6.07, 6.45) is 9.90. The van der Waals surface area contributed by atoms with Gasteiger partial charge in [0, 0.05) is 0 Å². The average Bonchev–Trinajstić information content (AvgIpc) is 2.69. The molecule has 0 spiro atoms. The van der Waals surface area contributed by atoms with Gasteiger partial charge in [0.15, 0.2) is 0 Å². The van der Waals surface area contributed by atoms with E-state index in [9.17, 15) is 10.2 Å². The number of aliphatic hydroxyl groups is 2. The molecule has 2 N–H and O–H groups in total. The van der Waals surface area contributed by atoms with Gasteiger partial charge in [-0.1, -0.05) is 55.4 Å². The molecule has 5 aliphatic carbocycles. The summed E-state index contributed by atoms with van der Waals surface area (Å²) in [5.41, 5.74) is 0.871. The maximum absolute atomic E-state index is 11.0. The normalized spacial score (nSPS) is 61.4. The van der Waals surface area contributed by atoms with Gasteiger partial charge in [0.1, 0.15) is 0 Å². The van der Waals surface area contributed by atoms with Crippen LogP contribution in [0.2, 0.25) is 0 Å². The quantitative estimate of drug-likeness (QED) is 0.412. The molecular formula is C30H52O2. The SMILES string of the molecule is [3H][C@@]1(O)CC[C@]2(C)[C@H]3CC[C@@H]4[C@@]5(C)CC[C@H](O)C(C)(C)[C@@H]5CC[C@@]4(C)[C@]3(C)CC[C@H]2C1(C)C. The predicted octanol–water partition coefficient (Wildman–Crippen LogP) is 7.22. The van der Waals surface area contributed by atoms with E-state index in [1.807, 2.05) is 0 Å². The molecule has 10 atom stereocenters. The molecule has 0 aliphatic heterocycles. The topological polar surface area (TPSA) is 40.5 Å². The molecule has 0 unspecified atom stereocenters. The van der Waals surface area contributed by atoms with Gasteiger partial charge in [-0.05, 0) is 120 Å². The first kappa shape index (κ1) is 22.4. The second kappa shape index (κ2) is 6.77. The van der Waals surface area contributed by atoms with E-state index in [0.29, 0.717) is 40.4 Å². The fourth-order valence-corrected chi connectivity index (χ4v) is 11.9. The molecule has 5 fully saturated rings. The van der Waals surface area contributed by atoms with E-state index in [1.54, 1.807) is 0 Å². The lowest BCUT2D eigenvalue weighted by molar-refractivity contribution is -0.270. The van der Waals surface area contributed by atoms with Crippen molar-refractivity contribution in [1.82, 2.24) is 0 Å². The van der Waals surface area contributed by atoms with Gasteiger partial charge in [-0.3, -0.25) is 0 Å². The lowest BCUT2D eigenvalue weighted by Gasteiger charge is -2.75. The van der Waals surface area contributed by atoms with Crippen LogP contribution in [-0.4, -0.2) is 22.4 Å². The van der Waals surface area contributed by atoms with E-state index in [2.05, 4.69) is 55.4 Å². The standard InChI is InChI=1S/C30H52O2/c1-25(2)19-11-17-29(7)21(27(19,5)15-13-23(25)31)9-10-22-28(6)16-14-24(32)26(3,4)20(28)12-18-30(22,29)8/h19-24,31-32H,9-18H2,1-8H3/t19-,20-,21+,22+,23-,24+,27-,28-,29+,30+/m0/s1/i23T/t19-,20-,21+,22+,23+,24-,27-,28-,29+,30+. The number of hydrogen-bond donors (Lipinski definition) is 2. The third kappa shape index (κ3) is 2.61. The lowest BCUT2D eigenvalue weighted by atomic mass is 9.30. The summed E-state index contributed by atoms with van der Waals surface area (Å²) in [4.78, 5) is 0. The molecule has 0 aromatic carbocycles. The minimum absolute atomic E-state index is 0.0156. The molecule has 5 aliphatic rings. The molecule has 0 bridgehead atoms. The summed E-state index contributed by atoms with van der Waals surface area (Å²) in [6, 6.07) is 0. The first-order valence-electron chi connectivity index (χ1n) is 14.4. The second-order valence-corrected chi connectivity index (χ2v) is 15.3. The highest BCUT2D eigenvalue weighted by Gasteiger charge is 2.71. The summed E-state index contributed by atoms with van der Waals surface area (Å²) >= 11 is 0. The van der Waals surface area contributed by atoms with Crippen molar-refractivity contribution in [2.45, 2.75) is 132 Å². The van der Waals surface area contributed by atoms with E-state index in [0.717, 1.165) is 25.2 Å². The van der Waals surface area contributed by atoms with E-state index in [-0.39, 0.29) is 22.3 Å². The van der Waals surface area contributed by atoms with Crippen LogP contribution in [0, 0.1) is 56.2 Å². The van der Waals surface area contributed by atoms with Gasteiger partial charge in [0.25, 0.3) is 0 Å². The molecule has 184 valence electrons. The van der Waals surface area contributed by atoms with Crippen molar-refractivity contribution in [2.24, 2.45) is 56.2 Å². The van der Waals surface area contributed by atoms with Crippen molar-refractivity contribution >= 4 is 0 Å². The molecule has 0 saturated heterocycles. The van der Waals surface area contributed by atoms with Crippen molar-refractivity contribution in [1.29, 1.82) is 0 Å². The number of aliphatic hydroxyl groups excluding tert-OH is 1. The molecular weight excluding hydrogens is 392 g/mol.